The van der Waals surface area contributed by atoms with Crippen molar-refractivity contribution in [2.75, 3.05) is 0 Å². The average Bonchev–Trinajstić information content (AvgIpc) is 2.61. The summed E-state index contributed by atoms with van der Waals surface area (Å²) < 4.78 is 7.36. The maximum Gasteiger partial charge on any atom is 0.135 e. The lowest BCUT2D eigenvalue weighted by molar-refractivity contribution is 0.582. The largest absolute Gasteiger partial charge is 0.464 e. The second kappa shape index (κ2) is 2.55. The molecule has 2 aromatic heterocycles. The Kier molecular flexibility index (Phi) is 1.54. The molecular weight excluding hydrogens is 150 g/mol. The van der Waals surface area contributed by atoms with E-state index in [0.29, 0.717) is 0 Å². The summed E-state index contributed by atoms with van der Waals surface area (Å²) in [5.41, 5.74) is 2.38. The van der Waals surface area contributed by atoms with E-state index < -0.39 is 0 Å². The van der Waals surface area contributed by atoms with Crippen LogP contribution in [0.1, 0.15) is 5.69 Å². The Hall–Kier alpha value is -1.44. The van der Waals surface area contributed by atoms with E-state index in [2.05, 4.69) is 23.8 Å². The minimum atomic E-state index is 0.929. The maximum absolute atomic E-state index is 5.27. The topological polar surface area (TPSA) is 18.1 Å². The van der Waals surface area contributed by atoms with Gasteiger partial charge in [-0.1, -0.05) is 0 Å². The van der Waals surface area contributed by atoms with Gasteiger partial charge in [0, 0.05) is 24.5 Å². The van der Waals surface area contributed by atoms with E-state index in [9.17, 15) is 0 Å². The molecular formula is C10H11NO. The number of rotatable bonds is 1. The molecule has 0 amide bonds. The van der Waals surface area contributed by atoms with Gasteiger partial charge in [-0.3, -0.25) is 0 Å². The third-order valence-corrected chi connectivity index (χ3v) is 2.06. The van der Waals surface area contributed by atoms with Gasteiger partial charge in [-0.15, -0.1) is 0 Å². The average molecular weight is 161 g/mol. The molecule has 0 N–H and O–H groups in total. The number of furan rings is 1. The van der Waals surface area contributed by atoms with E-state index in [-0.39, 0.29) is 0 Å². The normalized spacial score (nSPS) is 10.5. The van der Waals surface area contributed by atoms with Crippen molar-refractivity contribution in [2.24, 2.45) is 7.05 Å². The lowest BCUT2D eigenvalue weighted by Gasteiger charge is -1.90. The number of aryl methyl sites for hydroxylation is 2. The van der Waals surface area contributed by atoms with Crippen molar-refractivity contribution in [3.05, 3.63) is 36.4 Å². The van der Waals surface area contributed by atoms with Crippen LogP contribution in [-0.4, -0.2) is 4.57 Å². The van der Waals surface area contributed by atoms with E-state index in [1.807, 2.05) is 19.2 Å². The minimum absolute atomic E-state index is 0.929. The molecule has 2 aromatic rings. The summed E-state index contributed by atoms with van der Waals surface area (Å²) in [4.78, 5) is 0. The highest BCUT2D eigenvalue weighted by Crippen LogP contribution is 2.21. The molecule has 62 valence electrons. The Bertz CT molecular complexity index is 351. The van der Waals surface area contributed by atoms with Crippen LogP contribution in [0.4, 0.5) is 0 Å². The molecule has 0 saturated heterocycles. The molecule has 0 saturated carbocycles. The Balaban J connectivity index is 2.48. The Morgan fingerprint density at radius 1 is 1.42 bits per heavy atom. The zero-order chi connectivity index (χ0) is 8.55. The van der Waals surface area contributed by atoms with Crippen LogP contribution >= 0.6 is 0 Å². The Labute approximate surface area is 71.4 Å². The van der Waals surface area contributed by atoms with E-state index in [1.165, 1.54) is 5.69 Å². The van der Waals surface area contributed by atoms with Crippen LogP contribution < -0.4 is 0 Å². The maximum atomic E-state index is 5.27. The molecule has 2 heterocycles. The van der Waals surface area contributed by atoms with Crippen LogP contribution in [0.2, 0.25) is 0 Å². The lowest BCUT2D eigenvalue weighted by Crippen LogP contribution is -1.85. The van der Waals surface area contributed by atoms with Gasteiger partial charge in [0.05, 0.1) is 6.26 Å². The lowest BCUT2D eigenvalue weighted by atomic mass is 10.2. The van der Waals surface area contributed by atoms with E-state index >= 15 is 0 Å². The molecule has 0 unspecified atom stereocenters. The monoisotopic (exact) mass is 161 g/mol. The smallest absolute Gasteiger partial charge is 0.135 e. The molecule has 0 aliphatic rings. The fourth-order valence-corrected chi connectivity index (χ4v) is 1.25. The molecule has 2 nitrogen and oxygen atoms in total. The third kappa shape index (κ3) is 1.05. The van der Waals surface area contributed by atoms with Gasteiger partial charge in [-0.2, -0.15) is 0 Å². The molecule has 2 heteroatoms. The summed E-state index contributed by atoms with van der Waals surface area (Å²) in [6.45, 7) is 2.08. The summed E-state index contributed by atoms with van der Waals surface area (Å²) in [7, 11) is 2.03. The van der Waals surface area contributed by atoms with Gasteiger partial charge < -0.3 is 8.98 Å². The predicted octanol–water partition coefficient (Wildman–Crippen LogP) is 2.59. The van der Waals surface area contributed by atoms with Crippen LogP contribution in [0.15, 0.2) is 35.1 Å². The van der Waals surface area contributed by atoms with Gasteiger partial charge in [0.1, 0.15) is 5.76 Å². The summed E-state index contributed by atoms with van der Waals surface area (Å²) in [6.07, 6.45) is 3.76. The first-order valence-electron chi connectivity index (χ1n) is 3.94. The Morgan fingerprint density at radius 3 is 2.75 bits per heavy atom. The predicted molar refractivity (Wildman–Crippen MR) is 47.9 cm³/mol. The van der Waals surface area contributed by atoms with Gasteiger partial charge in [0.2, 0.25) is 0 Å². The van der Waals surface area contributed by atoms with Crippen LogP contribution in [-0.2, 0) is 7.05 Å². The summed E-state index contributed by atoms with van der Waals surface area (Å²) in [5, 5.41) is 0. The molecule has 0 atom stereocenters. The van der Waals surface area contributed by atoms with Crippen molar-refractivity contribution >= 4 is 0 Å². The summed E-state index contributed by atoms with van der Waals surface area (Å²) >= 11 is 0. The van der Waals surface area contributed by atoms with E-state index in [0.717, 1.165) is 11.3 Å². The highest BCUT2D eigenvalue weighted by Gasteiger charge is 2.03. The van der Waals surface area contributed by atoms with Crippen LogP contribution in [0.3, 0.4) is 0 Å². The van der Waals surface area contributed by atoms with Crippen LogP contribution in [0, 0.1) is 6.92 Å². The first-order chi connectivity index (χ1) is 5.77. The Morgan fingerprint density at radius 2 is 2.25 bits per heavy atom. The minimum Gasteiger partial charge on any atom is -0.464 e. The van der Waals surface area contributed by atoms with Gasteiger partial charge in [-0.05, 0) is 25.1 Å². The van der Waals surface area contributed by atoms with Crippen molar-refractivity contribution in [3.8, 4) is 11.3 Å². The van der Waals surface area contributed by atoms with Crippen molar-refractivity contribution in [1.82, 2.24) is 4.57 Å². The first-order valence-corrected chi connectivity index (χ1v) is 3.94. The van der Waals surface area contributed by atoms with Crippen molar-refractivity contribution < 1.29 is 4.42 Å². The quantitative estimate of drug-likeness (QED) is 0.628. The SMILES string of the molecule is Cc1cc(-c2ccco2)cn1C. The van der Waals surface area contributed by atoms with Crippen molar-refractivity contribution in [1.29, 1.82) is 0 Å². The fraction of sp³-hybridized carbons (Fsp3) is 0.200. The highest BCUT2D eigenvalue weighted by atomic mass is 16.3. The number of hydrogen-bond acceptors (Lipinski definition) is 1. The van der Waals surface area contributed by atoms with Crippen LogP contribution in [0.5, 0.6) is 0 Å². The second-order valence-electron chi connectivity index (χ2n) is 2.96. The number of aromatic nitrogens is 1. The molecule has 0 spiro atoms. The second-order valence-corrected chi connectivity index (χ2v) is 2.96. The fourth-order valence-electron chi connectivity index (χ4n) is 1.25. The van der Waals surface area contributed by atoms with E-state index in [1.54, 1.807) is 6.26 Å². The standard InChI is InChI=1S/C10H11NO/c1-8-6-9(7-11(8)2)10-4-3-5-12-10/h3-7H,1-2H3. The molecule has 12 heavy (non-hydrogen) atoms. The molecule has 0 radical (unpaired) electrons. The zero-order valence-corrected chi connectivity index (χ0v) is 7.24. The van der Waals surface area contributed by atoms with Gasteiger partial charge in [0.15, 0.2) is 0 Å². The van der Waals surface area contributed by atoms with Crippen LogP contribution in [0.25, 0.3) is 11.3 Å². The molecule has 0 bridgehead atoms. The molecule has 0 fully saturated rings. The molecule has 0 aliphatic heterocycles. The van der Waals surface area contributed by atoms with Gasteiger partial charge in [0.25, 0.3) is 0 Å². The summed E-state index contributed by atoms with van der Waals surface area (Å²) in [6, 6.07) is 5.98. The zero-order valence-electron chi connectivity index (χ0n) is 7.24. The number of hydrogen-bond donors (Lipinski definition) is 0. The first kappa shape index (κ1) is 7.22. The number of nitrogens with zero attached hydrogens (tertiary/aromatic N) is 1. The third-order valence-electron chi connectivity index (χ3n) is 2.06. The highest BCUT2D eigenvalue weighted by molar-refractivity contribution is 5.57. The molecule has 0 aromatic carbocycles. The van der Waals surface area contributed by atoms with Gasteiger partial charge >= 0.3 is 0 Å². The van der Waals surface area contributed by atoms with Crippen molar-refractivity contribution in [3.63, 3.8) is 0 Å². The van der Waals surface area contributed by atoms with Crippen molar-refractivity contribution in [2.45, 2.75) is 6.92 Å². The van der Waals surface area contributed by atoms with E-state index in [4.69, 9.17) is 4.42 Å². The molecule has 2 rings (SSSR count). The summed E-state index contributed by atoms with van der Waals surface area (Å²) in [5.74, 6) is 0.929. The van der Waals surface area contributed by atoms with Gasteiger partial charge in [-0.25, -0.2) is 0 Å². The molecule has 0 aliphatic carbocycles.